The fraction of sp³-hybridized carbons (Fsp3) is 0.176. The van der Waals surface area contributed by atoms with Gasteiger partial charge in [-0.25, -0.2) is 0 Å². The molecule has 25 heavy (non-hydrogen) atoms. The van der Waals surface area contributed by atoms with Crippen LogP contribution in [0.25, 0.3) is 0 Å². The Balaban J connectivity index is 1.67. The third-order valence-electron chi connectivity index (χ3n) is 3.96. The highest BCUT2D eigenvalue weighted by Crippen LogP contribution is 2.28. The van der Waals surface area contributed by atoms with Gasteiger partial charge in [0, 0.05) is 41.5 Å². The predicted molar refractivity (Wildman–Crippen MR) is 93.6 cm³/mol. The molecule has 1 aliphatic heterocycles. The van der Waals surface area contributed by atoms with Gasteiger partial charge in [-0.15, -0.1) is 0 Å². The first-order chi connectivity index (χ1) is 11.9. The van der Waals surface area contributed by atoms with Crippen LogP contribution in [0.5, 0.6) is 0 Å². The number of anilines is 2. The van der Waals surface area contributed by atoms with Crippen molar-refractivity contribution >= 4 is 40.5 Å². The molecule has 0 radical (unpaired) electrons. The van der Waals surface area contributed by atoms with Crippen molar-refractivity contribution in [1.29, 1.82) is 0 Å². The van der Waals surface area contributed by atoms with Crippen LogP contribution in [0.15, 0.2) is 48.5 Å². The first kappa shape index (κ1) is 16.9. The molecule has 0 bridgehead atoms. The van der Waals surface area contributed by atoms with Crippen molar-refractivity contribution in [2.75, 3.05) is 16.8 Å². The Kier molecular flexibility index (Phi) is 4.67. The summed E-state index contributed by atoms with van der Waals surface area (Å²) in [5, 5.41) is 13.8. The zero-order valence-corrected chi connectivity index (χ0v) is 13.8. The fourth-order valence-electron chi connectivity index (χ4n) is 2.69. The van der Waals surface area contributed by atoms with Gasteiger partial charge in [0.25, 0.3) is 5.69 Å². The lowest BCUT2D eigenvalue weighted by atomic mass is 10.1. The van der Waals surface area contributed by atoms with E-state index in [0.717, 1.165) is 0 Å². The molecule has 0 aromatic heterocycles. The highest BCUT2D eigenvalue weighted by atomic mass is 35.5. The van der Waals surface area contributed by atoms with Crippen molar-refractivity contribution in [3.8, 4) is 0 Å². The summed E-state index contributed by atoms with van der Waals surface area (Å²) < 4.78 is 0. The van der Waals surface area contributed by atoms with Crippen LogP contribution in [0.2, 0.25) is 5.02 Å². The van der Waals surface area contributed by atoms with Gasteiger partial charge in [-0.05, 0) is 30.3 Å². The molecule has 1 atom stereocenters. The van der Waals surface area contributed by atoms with E-state index in [4.69, 9.17) is 11.6 Å². The van der Waals surface area contributed by atoms with Gasteiger partial charge in [-0.2, -0.15) is 0 Å². The van der Waals surface area contributed by atoms with E-state index < -0.39 is 10.8 Å². The highest BCUT2D eigenvalue weighted by molar-refractivity contribution is 6.31. The first-order valence-corrected chi connectivity index (χ1v) is 7.93. The van der Waals surface area contributed by atoms with Gasteiger partial charge in [0.1, 0.15) is 0 Å². The maximum absolute atomic E-state index is 12.4. The fourth-order valence-corrected chi connectivity index (χ4v) is 2.87. The van der Waals surface area contributed by atoms with Crippen molar-refractivity contribution in [3.05, 3.63) is 63.7 Å². The Labute approximate surface area is 148 Å². The molecule has 0 aliphatic carbocycles. The summed E-state index contributed by atoms with van der Waals surface area (Å²) in [7, 11) is 0. The standard InChI is InChI=1S/C17H14ClN3O4/c18-12-2-1-3-15(9-12)20-10-11(8-16(20)22)17(23)19-13-4-6-14(7-5-13)21(24)25/h1-7,9,11H,8,10H2,(H,19,23). The molecule has 1 aliphatic rings. The molecule has 1 fully saturated rings. The van der Waals surface area contributed by atoms with Crippen LogP contribution in [-0.4, -0.2) is 23.3 Å². The van der Waals surface area contributed by atoms with Crippen molar-refractivity contribution in [2.24, 2.45) is 5.92 Å². The Morgan fingerprint density at radius 2 is 1.96 bits per heavy atom. The summed E-state index contributed by atoms with van der Waals surface area (Å²) in [6.07, 6.45) is 0.103. The summed E-state index contributed by atoms with van der Waals surface area (Å²) >= 11 is 5.95. The number of carbonyl (C=O) groups is 2. The Bertz CT molecular complexity index is 838. The molecule has 1 unspecified atom stereocenters. The average molecular weight is 360 g/mol. The minimum atomic E-state index is -0.510. The van der Waals surface area contributed by atoms with Crippen LogP contribution in [0.3, 0.4) is 0 Å². The first-order valence-electron chi connectivity index (χ1n) is 7.55. The topological polar surface area (TPSA) is 92.5 Å². The number of hydrogen-bond acceptors (Lipinski definition) is 4. The molecule has 3 rings (SSSR count). The molecule has 0 spiro atoms. The van der Waals surface area contributed by atoms with E-state index in [9.17, 15) is 19.7 Å². The van der Waals surface area contributed by atoms with Crippen LogP contribution in [-0.2, 0) is 9.59 Å². The lowest BCUT2D eigenvalue weighted by Gasteiger charge is -2.17. The van der Waals surface area contributed by atoms with Gasteiger partial charge >= 0.3 is 0 Å². The molecule has 2 aromatic carbocycles. The summed E-state index contributed by atoms with van der Waals surface area (Å²) in [6, 6.07) is 12.4. The summed E-state index contributed by atoms with van der Waals surface area (Å²) in [4.78, 5) is 36.2. The van der Waals surface area contributed by atoms with Crippen LogP contribution >= 0.6 is 11.6 Å². The van der Waals surface area contributed by atoms with E-state index in [1.54, 1.807) is 24.3 Å². The molecule has 8 heteroatoms. The summed E-state index contributed by atoms with van der Waals surface area (Å²) in [5.74, 6) is -0.945. The van der Waals surface area contributed by atoms with E-state index in [0.29, 0.717) is 16.4 Å². The highest BCUT2D eigenvalue weighted by Gasteiger charge is 2.35. The lowest BCUT2D eigenvalue weighted by molar-refractivity contribution is -0.384. The van der Waals surface area contributed by atoms with E-state index in [1.165, 1.54) is 29.2 Å². The van der Waals surface area contributed by atoms with Gasteiger partial charge in [-0.3, -0.25) is 19.7 Å². The second-order valence-corrected chi connectivity index (χ2v) is 6.11. The van der Waals surface area contributed by atoms with E-state index in [-0.39, 0.29) is 30.5 Å². The number of halogens is 1. The third kappa shape index (κ3) is 3.77. The van der Waals surface area contributed by atoms with Crippen LogP contribution in [0, 0.1) is 16.0 Å². The number of nitro benzene ring substituents is 1. The molecule has 1 saturated heterocycles. The number of benzene rings is 2. The van der Waals surface area contributed by atoms with Crippen LogP contribution < -0.4 is 10.2 Å². The second kappa shape index (κ2) is 6.90. The number of rotatable bonds is 4. The molecule has 1 N–H and O–H groups in total. The molecule has 2 amide bonds. The molecular formula is C17H14ClN3O4. The maximum atomic E-state index is 12.4. The average Bonchev–Trinajstić information content (AvgIpc) is 2.97. The number of nitrogens with zero attached hydrogens (tertiary/aromatic N) is 2. The summed E-state index contributed by atoms with van der Waals surface area (Å²) in [6.45, 7) is 0.262. The Morgan fingerprint density at radius 3 is 2.60 bits per heavy atom. The van der Waals surface area contributed by atoms with Gasteiger partial charge in [-0.1, -0.05) is 17.7 Å². The largest absolute Gasteiger partial charge is 0.326 e. The molecule has 2 aromatic rings. The van der Waals surface area contributed by atoms with E-state index in [1.807, 2.05) is 0 Å². The molecule has 1 heterocycles. The van der Waals surface area contributed by atoms with Crippen molar-refractivity contribution < 1.29 is 14.5 Å². The predicted octanol–water partition coefficient (Wildman–Crippen LogP) is 3.24. The number of nitrogens with one attached hydrogen (secondary N) is 1. The SMILES string of the molecule is O=C(Nc1ccc([N+](=O)[O-])cc1)C1CC(=O)N(c2cccc(Cl)c2)C1. The number of non-ortho nitro benzene ring substituents is 1. The normalized spacial score (nSPS) is 16.8. The minimum Gasteiger partial charge on any atom is -0.326 e. The van der Waals surface area contributed by atoms with Crippen molar-refractivity contribution in [1.82, 2.24) is 0 Å². The van der Waals surface area contributed by atoms with E-state index in [2.05, 4.69) is 5.32 Å². The summed E-state index contributed by atoms with van der Waals surface area (Å²) in [5.41, 5.74) is 1.05. The smallest absolute Gasteiger partial charge is 0.269 e. The Hall–Kier alpha value is -2.93. The van der Waals surface area contributed by atoms with Crippen LogP contribution in [0.4, 0.5) is 17.1 Å². The molecule has 0 saturated carbocycles. The zero-order valence-electron chi connectivity index (χ0n) is 13.0. The second-order valence-electron chi connectivity index (χ2n) is 5.68. The number of hydrogen-bond donors (Lipinski definition) is 1. The maximum Gasteiger partial charge on any atom is 0.269 e. The Morgan fingerprint density at radius 1 is 1.24 bits per heavy atom. The number of nitro groups is 1. The van der Waals surface area contributed by atoms with Gasteiger partial charge < -0.3 is 10.2 Å². The molecule has 128 valence electrons. The quantitative estimate of drug-likeness (QED) is 0.670. The zero-order chi connectivity index (χ0) is 18.0. The van der Waals surface area contributed by atoms with E-state index >= 15 is 0 Å². The van der Waals surface area contributed by atoms with Crippen molar-refractivity contribution in [3.63, 3.8) is 0 Å². The van der Waals surface area contributed by atoms with Gasteiger partial charge in [0.05, 0.1) is 10.8 Å². The third-order valence-corrected chi connectivity index (χ3v) is 4.20. The monoisotopic (exact) mass is 359 g/mol. The van der Waals surface area contributed by atoms with Gasteiger partial charge in [0.2, 0.25) is 11.8 Å². The molecular weight excluding hydrogens is 346 g/mol. The number of amides is 2. The molecule has 7 nitrogen and oxygen atoms in total. The lowest BCUT2D eigenvalue weighted by Crippen LogP contribution is -2.28. The van der Waals surface area contributed by atoms with Gasteiger partial charge in [0.15, 0.2) is 0 Å². The number of carbonyl (C=O) groups excluding carboxylic acids is 2. The van der Waals surface area contributed by atoms with Crippen LogP contribution in [0.1, 0.15) is 6.42 Å². The van der Waals surface area contributed by atoms with Crippen molar-refractivity contribution in [2.45, 2.75) is 6.42 Å². The minimum absolute atomic E-state index is 0.0545.